The highest BCUT2D eigenvalue weighted by molar-refractivity contribution is 6.30. The van der Waals surface area contributed by atoms with E-state index >= 15 is 0 Å². The number of carbonyl (C=O) groups is 1. The van der Waals surface area contributed by atoms with Crippen LogP contribution in [0.3, 0.4) is 0 Å². The van der Waals surface area contributed by atoms with Crippen LogP contribution in [0.25, 0.3) is 0 Å². The van der Waals surface area contributed by atoms with Gasteiger partial charge < -0.3 is 10.4 Å². The van der Waals surface area contributed by atoms with Crippen molar-refractivity contribution >= 4 is 17.5 Å². The minimum atomic E-state index is -0.260. The summed E-state index contributed by atoms with van der Waals surface area (Å²) >= 11 is 5.67. The number of hydrogen-bond acceptors (Lipinski definition) is 3. The Morgan fingerprint density at radius 2 is 2.25 bits per heavy atom. The molecule has 0 saturated carbocycles. The Morgan fingerprint density at radius 1 is 1.56 bits per heavy atom. The Kier molecular flexibility index (Phi) is 4.71. The first-order valence-electron chi connectivity index (χ1n) is 5.08. The summed E-state index contributed by atoms with van der Waals surface area (Å²) < 4.78 is 0. The number of nitrogens with one attached hydrogen (secondary N) is 1. The van der Waals surface area contributed by atoms with Crippen LogP contribution in [0.2, 0.25) is 5.02 Å². The Bertz CT molecular complexity index is 354. The Balaban J connectivity index is 2.62. The lowest BCUT2D eigenvalue weighted by atomic mass is 10.1. The van der Waals surface area contributed by atoms with Gasteiger partial charge in [-0.05, 0) is 25.0 Å². The van der Waals surface area contributed by atoms with Crippen LogP contribution in [-0.4, -0.2) is 28.6 Å². The van der Waals surface area contributed by atoms with E-state index in [1.54, 1.807) is 12.1 Å². The quantitative estimate of drug-likeness (QED) is 0.841. The number of halogens is 1. The zero-order valence-corrected chi connectivity index (χ0v) is 10.0. The molecule has 16 heavy (non-hydrogen) atoms. The number of aromatic nitrogens is 1. The van der Waals surface area contributed by atoms with E-state index in [1.807, 2.05) is 13.8 Å². The van der Waals surface area contributed by atoms with Gasteiger partial charge in [0.05, 0.1) is 5.02 Å². The van der Waals surface area contributed by atoms with Gasteiger partial charge in [-0.15, -0.1) is 0 Å². The molecule has 0 spiro atoms. The number of rotatable bonds is 4. The molecule has 0 aliphatic rings. The van der Waals surface area contributed by atoms with Crippen LogP contribution < -0.4 is 5.32 Å². The molecule has 5 heteroatoms. The number of hydrogen-bond donors (Lipinski definition) is 2. The highest BCUT2D eigenvalue weighted by atomic mass is 35.5. The molecule has 0 fully saturated rings. The molecule has 0 aromatic carbocycles. The standard InChI is InChI=1S/C11H15ClN2O2/c1-7(6-15)8(2)14-11(16)10-4-3-9(12)5-13-10/h3-5,7-8,15H,6H2,1-2H3,(H,14,16). The van der Waals surface area contributed by atoms with Gasteiger partial charge in [0.1, 0.15) is 5.69 Å². The summed E-state index contributed by atoms with van der Waals surface area (Å²) in [6.07, 6.45) is 1.43. The maximum absolute atomic E-state index is 11.7. The summed E-state index contributed by atoms with van der Waals surface area (Å²) in [6.45, 7) is 3.74. The summed E-state index contributed by atoms with van der Waals surface area (Å²) in [5, 5.41) is 12.2. The van der Waals surface area contributed by atoms with Crippen molar-refractivity contribution in [1.82, 2.24) is 10.3 Å². The van der Waals surface area contributed by atoms with E-state index in [2.05, 4.69) is 10.3 Å². The molecule has 1 aromatic rings. The van der Waals surface area contributed by atoms with E-state index in [0.717, 1.165) is 0 Å². The number of aliphatic hydroxyl groups excluding tert-OH is 1. The van der Waals surface area contributed by atoms with Crippen molar-refractivity contribution in [3.8, 4) is 0 Å². The van der Waals surface area contributed by atoms with E-state index in [9.17, 15) is 4.79 Å². The summed E-state index contributed by atoms with van der Waals surface area (Å²) in [5.74, 6) is -0.249. The predicted octanol–water partition coefficient (Wildman–Crippen LogP) is 1.48. The summed E-state index contributed by atoms with van der Waals surface area (Å²) in [7, 11) is 0. The fourth-order valence-electron chi connectivity index (χ4n) is 1.09. The third-order valence-electron chi connectivity index (χ3n) is 2.46. The Hall–Kier alpha value is -1.13. The van der Waals surface area contributed by atoms with Crippen molar-refractivity contribution < 1.29 is 9.90 Å². The van der Waals surface area contributed by atoms with Gasteiger partial charge in [0.25, 0.3) is 5.91 Å². The molecule has 0 saturated heterocycles. The molecule has 1 rings (SSSR count). The molecule has 0 radical (unpaired) electrons. The largest absolute Gasteiger partial charge is 0.396 e. The van der Waals surface area contributed by atoms with Gasteiger partial charge >= 0.3 is 0 Å². The predicted molar refractivity (Wildman–Crippen MR) is 62.4 cm³/mol. The first-order valence-corrected chi connectivity index (χ1v) is 5.45. The van der Waals surface area contributed by atoms with E-state index in [4.69, 9.17) is 16.7 Å². The SMILES string of the molecule is CC(CO)C(C)NC(=O)c1ccc(Cl)cn1. The number of amides is 1. The molecule has 1 amide bonds. The van der Waals surface area contributed by atoms with Gasteiger partial charge in [-0.3, -0.25) is 4.79 Å². The lowest BCUT2D eigenvalue weighted by Crippen LogP contribution is -2.38. The minimum Gasteiger partial charge on any atom is -0.396 e. The third kappa shape index (κ3) is 3.47. The second-order valence-corrected chi connectivity index (χ2v) is 4.22. The Labute approximate surface area is 99.6 Å². The average molecular weight is 243 g/mol. The van der Waals surface area contributed by atoms with Crippen LogP contribution in [0.4, 0.5) is 0 Å². The number of pyridine rings is 1. The fourth-order valence-corrected chi connectivity index (χ4v) is 1.20. The minimum absolute atomic E-state index is 0.0104. The summed E-state index contributed by atoms with van der Waals surface area (Å²) in [5.41, 5.74) is 0.321. The monoisotopic (exact) mass is 242 g/mol. The van der Waals surface area contributed by atoms with Gasteiger partial charge in [-0.25, -0.2) is 4.98 Å². The maximum atomic E-state index is 11.7. The molecule has 2 unspecified atom stereocenters. The molecule has 1 heterocycles. The molecule has 0 aliphatic carbocycles. The Morgan fingerprint density at radius 3 is 2.75 bits per heavy atom. The van der Waals surface area contributed by atoms with E-state index < -0.39 is 0 Å². The molecular formula is C11H15ClN2O2. The smallest absolute Gasteiger partial charge is 0.270 e. The van der Waals surface area contributed by atoms with Crippen molar-refractivity contribution in [2.24, 2.45) is 5.92 Å². The molecule has 1 aromatic heterocycles. The molecule has 4 nitrogen and oxygen atoms in total. The normalized spacial score (nSPS) is 14.2. The van der Waals surface area contributed by atoms with Crippen LogP contribution in [0.5, 0.6) is 0 Å². The second kappa shape index (κ2) is 5.82. The summed E-state index contributed by atoms with van der Waals surface area (Å²) in [6, 6.07) is 3.08. The van der Waals surface area contributed by atoms with Crippen LogP contribution in [-0.2, 0) is 0 Å². The van der Waals surface area contributed by atoms with Gasteiger partial charge in [0.2, 0.25) is 0 Å². The van der Waals surface area contributed by atoms with Crippen LogP contribution in [0.15, 0.2) is 18.3 Å². The highest BCUT2D eigenvalue weighted by Gasteiger charge is 2.15. The van der Waals surface area contributed by atoms with Gasteiger partial charge in [0.15, 0.2) is 0 Å². The topological polar surface area (TPSA) is 62.2 Å². The van der Waals surface area contributed by atoms with E-state index in [1.165, 1.54) is 6.20 Å². The lowest BCUT2D eigenvalue weighted by molar-refractivity contribution is 0.0911. The maximum Gasteiger partial charge on any atom is 0.270 e. The molecule has 2 N–H and O–H groups in total. The van der Waals surface area contributed by atoms with E-state index in [0.29, 0.717) is 10.7 Å². The zero-order chi connectivity index (χ0) is 12.1. The fraction of sp³-hybridized carbons (Fsp3) is 0.455. The van der Waals surface area contributed by atoms with Crippen LogP contribution in [0.1, 0.15) is 24.3 Å². The average Bonchev–Trinajstić information content (AvgIpc) is 2.28. The number of aliphatic hydroxyl groups is 1. The number of carbonyl (C=O) groups excluding carboxylic acids is 1. The molecule has 0 aliphatic heterocycles. The molecule has 0 bridgehead atoms. The van der Waals surface area contributed by atoms with Gasteiger partial charge in [-0.1, -0.05) is 18.5 Å². The van der Waals surface area contributed by atoms with E-state index in [-0.39, 0.29) is 24.5 Å². The third-order valence-corrected chi connectivity index (χ3v) is 2.68. The molecule has 88 valence electrons. The van der Waals surface area contributed by atoms with Crippen molar-refractivity contribution in [3.63, 3.8) is 0 Å². The number of nitrogens with zero attached hydrogens (tertiary/aromatic N) is 1. The van der Waals surface area contributed by atoms with Crippen molar-refractivity contribution in [1.29, 1.82) is 0 Å². The van der Waals surface area contributed by atoms with Gasteiger partial charge in [-0.2, -0.15) is 0 Å². The van der Waals surface area contributed by atoms with Crippen molar-refractivity contribution in [2.75, 3.05) is 6.61 Å². The van der Waals surface area contributed by atoms with Crippen LogP contribution >= 0.6 is 11.6 Å². The van der Waals surface area contributed by atoms with Gasteiger partial charge in [0, 0.05) is 18.8 Å². The highest BCUT2D eigenvalue weighted by Crippen LogP contribution is 2.07. The van der Waals surface area contributed by atoms with Crippen molar-refractivity contribution in [3.05, 3.63) is 29.0 Å². The second-order valence-electron chi connectivity index (χ2n) is 3.78. The molecule has 2 atom stereocenters. The van der Waals surface area contributed by atoms with Crippen LogP contribution in [0, 0.1) is 5.92 Å². The summed E-state index contributed by atoms with van der Waals surface area (Å²) in [4.78, 5) is 15.6. The van der Waals surface area contributed by atoms with Crippen molar-refractivity contribution in [2.45, 2.75) is 19.9 Å². The lowest BCUT2D eigenvalue weighted by Gasteiger charge is -2.18. The first kappa shape index (κ1) is 12.9. The molecular weight excluding hydrogens is 228 g/mol. The first-order chi connectivity index (χ1) is 7.54. The zero-order valence-electron chi connectivity index (χ0n) is 9.27.